The molecule has 1 atom stereocenters. The summed E-state index contributed by atoms with van der Waals surface area (Å²) < 4.78 is 16.7. The Balaban J connectivity index is 1.51. The van der Waals surface area contributed by atoms with E-state index < -0.39 is 12.0 Å². The molecule has 1 saturated heterocycles. The van der Waals surface area contributed by atoms with E-state index in [4.69, 9.17) is 19.2 Å². The number of hydrogen-bond acceptors (Lipinski definition) is 8. The lowest BCUT2D eigenvalue weighted by Crippen LogP contribution is -2.42. The van der Waals surface area contributed by atoms with Crippen LogP contribution in [0.5, 0.6) is 11.5 Å². The van der Waals surface area contributed by atoms with E-state index in [0.29, 0.717) is 49.7 Å². The predicted molar refractivity (Wildman–Crippen MR) is 142 cm³/mol. The number of carbonyl (C=O) groups is 2. The maximum atomic E-state index is 13.2. The van der Waals surface area contributed by atoms with Gasteiger partial charge in [0.2, 0.25) is 5.91 Å². The number of fused-ring (bicyclic) bond motifs is 1. The zero-order valence-corrected chi connectivity index (χ0v) is 21.7. The molecule has 0 radical (unpaired) electrons. The van der Waals surface area contributed by atoms with Gasteiger partial charge in [-0.15, -0.1) is 0 Å². The molecule has 3 aliphatic heterocycles. The Morgan fingerprint density at radius 3 is 2.57 bits per heavy atom. The van der Waals surface area contributed by atoms with Gasteiger partial charge in [-0.2, -0.15) is 0 Å². The Labute approximate surface area is 220 Å². The summed E-state index contributed by atoms with van der Waals surface area (Å²) in [4.78, 5) is 34.9. The minimum atomic E-state index is -0.507. The van der Waals surface area contributed by atoms with Crippen LogP contribution in [0.3, 0.4) is 0 Å². The van der Waals surface area contributed by atoms with Crippen molar-refractivity contribution >= 4 is 28.8 Å². The van der Waals surface area contributed by atoms with Gasteiger partial charge < -0.3 is 24.0 Å². The average Bonchev–Trinajstić information content (AvgIpc) is 3.34. The summed E-state index contributed by atoms with van der Waals surface area (Å²) in [6.07, 6.45) is 0.777. The molecule has 37 heavy (non-hydrogen) atoms. The summed E-state index contributed by atoms with van der Waals surface area (Å²) >= 11 is 1.47. The lowest BCUT2D eigenvalue weighted by atomic mass is 9.92. The molecule has 9 heteroatoms. The van der Waals surface area contributed by atoms with Gasteiger partial charge in [0.05, 0.1) is 44.1 Å². The number of hydrogen-bond donors (Lipinski definition) is 0. The molecule has 5 rings (SSSR count). The zero-order valence-electron chi connectivity index (χ0n) is 20.9. The molecular formula is C28H29N3O5S. The average molecular weight is 520 g/mol. The second-order valence-corrected chi connectivity index (χ2v) is 9.59. The van der Waals surface area contributed by atoms with E-state index in [1.54, 1.807) is 0 Å². The van der Waals surface area contributed by atoms with Gasteiger partial charge >= 0.3 is 5.97 Å². The predicted octanol–water partition coefficient (Wildman–Crippen LogP) is 4.87. The third-order valence-electron chi connectivity index (χ3n) is 6.48. The maximum Gasteiger partial charge on any atom is 0.338 e. The van der Waals surface area contributed by atoms with Crippen LogP contribution < -0.4 is 4.74 Å². The highest BCUT2D eigenvalue weighted by Crippen LogP contribution is 2.46. The second-order valence-electron chi connectivity index (χ2n) is 8.76. The number of amidine groups is 1. The Morgan fingerprint density at radius 2 is 1.84 bits per heavy atom. The van der Waals surface area contributed by atoms with Crippen molar-refractivity contribution in [2.75, 3.05) is 33.4 Å². The van der Waals surface area contributed by atoms with Crippen LogP contribution in [0.25, 0.3) is 0 Å². The number of nitrogens with zero attached hydrogens (tertiary/aromatic N) is 3. The summed E-state index contributed by atoms with van der Waals surface area (Å²) in [6, 6.07) is 16.7. The number of aliphatic imine (C=N–C) groups is 1. The van der Waals surface area contributed by atoms with Crippen molar-refractivity contribution in [3.63, 3.8) is 0 Å². The van der Waals surface area contributed by atoms with E-state index in [1.165, 1.54) is 18.9 Å². The normalized spacial score (nSPS) is 19.2. The van der Waals surface area contributed by atoms with E-state index in [1.807, 2.05) is 76.7 Å². The highest BCUT2D eigenvalue weighted by molar-refractivity contribution is 8.16. The van der Waals surface area contributed by atoms with Crippen molar-refractivity contribution in [3.05, 3.63) is 82.5 Å². The third kappa shape index (κ3) is 5.28. The third-order valence-corrected chi connectivity index (χ3v) is 7.37. The molecular weight excluding hydrogens is 490 g/mol. The number of ether oxygens (including phenoxy) is 3. The largest absolute Gasteiger partial charge is 0.466 e. The molecule has 192 valence electrons. The number of methoxy groups -OCH3 is 1. The van der Waals surface area contributed by atoms with E-state index in [2.05, 4.69) is 0 Å². The van der Waals surface area contributed by atoms with Crippen molar-refractivity contribution in [2.24, 2.45) is 4.99 Å². The number of carbonyl (C=O) groups excluding carboxylic acids is 2. The molecule has 2 aromatic rings. The highest BCUT2D eigenvalue weighted by Gasteiger charge is 2.42. The number of allylic oxidation sites excluding steroid dienone is 1. The molecule has 0 aliphatic carbocycles. The number of esters is 1. The summed E-state index contributed by atoms with van der Waals surface area (Å²) in [5.41, 5.74) is 2.80. The van der Waals surface area contributed by atoms with E-state index in [0.717, 1.165) is 22.2 Å². The molecule has 3 aliphatic rings. The molecule has 8 nitrogen and oxygen atoms in total. The number of rotatable bonds is 7. The van der Waals surface area contributed by atoms with E-state index in [-0.39, 0.29) is 12.3 Å². The van der Waals surface area contributed by atoms with Crippen LogP contribution in [0.1, 0.15) is 31.4 Å². The fourth-order valence-electron chi connectivity index (χ4n) is 4.68. The molecule has 0 saturated carbocycles. The van der Waals surface area contributed by atoms with Gasteiger partial charge in [0.1, 0.15) is 11.5 Å². The minimum Gasteiger partial charge on any atom is -0.466 e. The number of morpholine rings is 1. The molecule has 0 unspecified atom stereocenters. The summed E-state index contributed by atoms with van der Waals surface area (Å²) in [7, 11) is 1.38. The van der Waals surface area contributed by atoms with Crippen molar-refractivity contribution < 1.29 is 23.8 Å². The van der Waals surface area contributed by atoms with Gasteiger partial charge in [0.25, 0.3) is 0 Å². The number of benzene rings is 2. The highest BCUT2D eigenvalue weighted by atomic mass is 32.2. The van der Waals surface area contributed by atoms with Crippen LogP contribution >= 0.6 is 11.8 Å². The monoisotopic (exact) mass is 519 g/mol. The van der Waals surface area contributed by atoms with Crippen LogP contribution in [0.15, 0.2) is 82.0 Å². The fraction of sp³-hybridized carbons (Fsp3) is 0.321. The van der Waals surface area contributed by atoms with Gasteiger partial charge in [-0.05, 0) is 41.7 Å². The second kappa shape index (κ2) is 11.2. The summed E-state index contributed by atoms with van der Waals surface area (Å²) in [6.45, 7) is 4.22. The Hall–Kier alpha value is -3.56. The van der Waals surface area contributed by atoms with Gasteiger partial charge in [0, 0.05) is 18.8 Å². The van der Waals surface area contributed by atoms with Crippen molar-refractivity contribution in [3.8, 4) is 11.5 Å². The molecule has 3 heterocycles. The molecule has 1 fully saturated rings. The quantitative estimate of drug-likeness (QED) is 0.483. The topological polar surface area (TPSA) is 80.7 Å². The minimum absolute atomic E-state index is 0.0289. The fourth-order valence-corrected chi connectivity index (χ4v) is 5.62. The first-order valence-corrected chi connectivity index (χ1v) is 13.2. The molecule has 2 aromatic carbocycles. The van der Waals surface area contributed by atoms with Crippen LogP contribution in [0, 0.1) is 0 Å². The number of thioether (sulfide) groups is 1. The zero-order chi connectivity index (χ0) is 25.8. The van der Waals surface area contributed by atoms with Crippen molar-refractivity contribution in [1.29, 1.82) is 0 Å². The van der Waals surface area contributed by atoms with Crippen LogP contribution in [0.2, 0.25) is 0 Å². The van der Waals surface area contributed by atoms with Crippen LogP contribution in [-0.4, -0.2) is 60.3 Å². The molecule has 0 aromatic heterocycles. The van der Waals surface area contributed by atoms with E-state index >= 15 is 0 Å². The Morgan fingerprint density at radius 1 is 1.08 bits per heavy atom. The van der Waals surface area contributed by atoms with Crippen molar-refractivity contribution in [2.45, 2.75) is 25.8 Å². The van der Waals surface area contributed by atoms with Crippen molar-refractivity contribution in [1.82, 2.24) is 9.80 Å². The van der Waals surface area contributed by atoms with Gasteiger partial charge in [-0.3, -0.25) is 4.79 Å². The first kappa shape index (κ1) is 25.1. The number of para-hydroxylation sites is 1. The van der Waals surface area contributed by atoms with E-state index in [9.17, 15) is 9.59 Å². The van der Waals surface area contributed by atoms with Crippen LogP contribution in [0.4, 0.5) is 0 Å². The SMILES string of the molecule is CCC1=C(C(=O)OC)[C@@H](c2cccc(Oc3ccccc3)c2)N2C(CC(=O)N3CCOCC3)=CSC2=N1. The standard InChI is InChI=1S/C28H29N3O5S/c1-3-23-25(27(33)34-2)26(19-8-7-11-22(16-19)36-21-9-5-4-6-10-21)31-20(18-37-28(31)29-23)17-24(32)30-12-14-35-15-13-30/h4-11,16,18,26H,3,12-15,17H2,1-2H3/t26-/m1/s1. The lowest BCUT2D eigenvalue weighted by Gasteiger charge is -2.37. The first-order chi connectivity index (χ1) is 18.1. The Kier molecular flexibility index (Phi) is 7.62. The first-order valence-electron chi connectivity index (χ1n) is 12.3. The Bertz CT molecular complexity index is 1270. The van der Waals surface area contributed by atoms with Gasteiger partial charge in [-0.25, -0.2) is 9.79 Å². The molecule has 1 amide bonds. The van der Waals surface area contributed by atoms with Gasteiger partial charge in [-0.1, -0.05) is 49.0 Å². The summed E-state index contributed by atoms with van der Waals surface area (Å²) in [5.74, 6) is 0.963. The maximum absolute atomic E-state index is 13.2. The summed E-state index contributed by atoms with van der Waals surface area (Å²) in [5, 5.41) is 2.70. The number of amides is 1. The smallest absolute Gasteiger partial charge is 0.338 e. The molecule has 0 N–H and O–H groups in total. The molecule has 0 bridgehead atoms. The van der Waals surface area contributed by atoms with Gasteiger partial charge in [0.15, 0.2) is 5.17 Å². The molecule has 0 spiro atoms. The van der Waals surface area contributed by atoms with Crippen LogP contribution in [-0.2, 0) is 19.1 Å². The lowest BCUT2D eigenvalue weighted by molar-refractivity contribution is -0.136.